The van der Waals surface area contributed by atoms with Crippen molar-refractivity contribution in [2.45, 2.75) is 39.3 Å². The van der Waals surface area contributed by atoms with Gasteiger partial charge in [-0.2, -0.15) is 0 Å². The summed E-state index contributed by atoms with van der Waals surface area (Å²) in [5.41, 5.74) is 0. The molecule has 0 saturated carbocycles. The molecule has 2 heteroatoms. The molecule has 10 heavy (non-hydrogen) atoms. The van der Waals surface area contributed by atoms with Gasteiger partial charge in [-0.3, -0.25) is 0 Å². The Morgan fingerprint density at radius 2 is 1.90 bits per heavy atom. The lowest BCUT2D eigenvalue weighted by molar-refractivity contribution is 0.0730. The molecule has 0 spiro atoms. The van der Waals surface area contributed by atoms with E-state index in [0.29, 0.717) is 12.1 Å². The highest BCUT2D eigenvalue weighted by molar-refractivity contribution is 4.55. The minimum atomic E-state index is 0.365. The number of rotatable bonds is 5. The quantitative estimate of drug-likeness (QED) is 0.631. The second-order valence-corrected chi connectivity index (χ2v) is 2.90. The Bertz CT molecular complexity index is 73.7. The Morgan fingerprint density at radius 3 is 2.30 bits per heavy atom. The van der Waals surface area contributed by atoms with Gasteiger partial charge in [-0.05, 0) is 34.2 Å². The molecule has 0 heterocycles. The lowest BCUT2D eigenvalue weighted by Gasteiger charge is -2.11. The van der Waals surface area contributed by atoms with Crippen LogP contribution in [0.1, 0.15) is 27.2 Å². The zero-order valence-corrected chi connectivity index (χ0v) is 7.48. The van der Waals surface area contributed by atoms with Crippen LogP contribution in [0.3, 0.4) is 0 Å². The van der Waals surface area contributed by atoms with Crippen LogP contribution < -0.4 is 5.32 Å². The Labute approximate surface area is 64.0 Å². The molecule has 0 aliphatic carbocycles. The molecular weight excluding hydrogens is 126 g/mol. The Hall–Kier alpha value is -0.0800. The summed E-state index contributed by atoms with van der Waals surface area (Å²) in [4.78, 5) is 0. The van der Waals surface area contributed by atoms with Gasteiger partial charge in [0.25, 0.3) is 0 Å². The molecular formula is C8H19NO. The molecule has 0 fully saturated rings. The van der Waals surface area contributed by atoms with Crippen LogP contribution in [0.25, 0.3) is 0 Å². The Balaban J connectivity index is 3.03. The first-order chi connectivity index (χ1) is 4.66. The summed E-state index contributed by atoms with van der Waals surface area (Å²) in [7, 11) is 1.97. The summed E-state index contributed by atoms with van der Waals surface area (Å²) in [5.74, 6) is 0. The zero-order valence-electron chi connectivity index (χ0n) is 7.48. The Kier molecular flexibility index (Phi) is 5.64. The monoisotopic (exact) mass is 145 g/mol. The summed E-state index contributed by atoms with van der Waals surface area (Å²) < 4.78 is 5.37. The molecule has 0 radical (unpaired) electrons. The van der Waals surface area contributed by atoms with Crippen LogP contribution in [0, 0.1) is 0 Å². The first kappa shape index (κ1) is 9.92. The summed E-state index contributed by atoms with van der Waals surface area (Å²) >= 11 is 0. The number of nitrogens with one attached hydrogen (secondary N) is 1. The van der Waals surface area contributed by atoms with Gasteiger partial charge in [-0.15, -0.1) is 0 Å². The average molecular weight is 145 g/mol. The van der Waals surface area contributed by atoms with E-state index in [1.165, 1.54) is 0 Å². The highest BCUT2D eigenvalue weighted by Gasteiger charge is 1.98. The molecule has 1 N–H and O–H groups in total. The third-order valence-corrected chi connectivity index (χ3v) is 1.49. The fraction of sp³-hybridized carbons (Fsp3) is 1.00. The van der Waals surface area contributed by atoms with Gasteiger partial charge >= 0.3 is 0 Å². The van der Waals surface area contributed by atoms with Crippen LogP contribution in [0.15, 0.2) is 0 Å². The highest BCUT2D eigenvalue weighted by Crippen LogP contribution is 1.93. The van der Waals surface area contributed by atoms with Crippen molar-refractivity contribution in [3.63, 3.8) is 0 Å². The molecule has 62 valence electrons. The summed E-state index contributed by atoms with van der Waals surface area (Å²) in [5, 5.41) is 3.16. The second-order valence-electron chi connectivity index (χ2n) is 2.90. The molecule has 0 aromatic rings. The predicted octanol–water partition coefficient (Wildman–Crippen LogP) is 1.41. The third-order valence-electron chi connectivity index (χ3n) is 1.49. The molecule has 0 saturated heterocycles. The molecule has 0 aromatic heterocycles. The molecule has 0 aliphatic rings. The van der Waals surface area contributed by atoms with Gasteiger partial charge in [0.05, 0.1) is 6.10 Å². The van der Waals surface area contributed by atoms with E-state index in [9.17, 15) is 0 Å². The highest BCUT2D eigenvalue weighted by atomic mass is 16.5. The molecule has 0 amide bonds. The fourth-order valence-electron chi connectivity index (χ4n) is 0.625. The van der Waals surface area contributed by atoms with Crippen molar-refractivity contribution in [2.75, 3.05) is 13.7 Å². The Morgan fingerprint density at radius 1 is 1.30 bits per heavy atom. The van der Waals surface area contributed by atoms with Gasteiger partial charge in [0.15, 0.2) is 0 Å². The lowest BCUT2D eigenvalue weighted by atomic mass is 10.2. The molecule has 2 nitrogen and oxygen atoms in total. The van der Waals surface area contributed by atoms with Crippen molar-refractivity contribution in [1.82, 2.24) is 5.32 Å². The summed E-state index contributed by atoms with van der Waals surface area (Å²) in [6.07, 6.45) is 1.46. The van der Waals surface area contributed by atoms with Gasteiger partial charge in [0.1, 0.15) is 0 Å². The van der Waals surface area contributed by atoms with E-state index in [0.717, 1.165) is 13.0 Å². The van der Waals surface area contributed by atoms with Crippen LogP contribution in [0.5, 0.6) is 0 Å². The van der Waals surface area contributed by atoms with Crippen molar-refractivity contribution in [2.24, 2.45) is 0 Å². The van der Waals surface area contributed by atoms with Crippen LogP contribution in [-0.4, -0.2) is 25.8 Å². The maximum absolute atomic E-state index is 5.37. The van der Waals surface area contributed by atoms with Crippen molar-refractivity contribution >= 4 is 0 Å². The van der Waals surface area contributed by atoms with Crippen LogP contribution in [0.4, 0.5) is 0 Å². The maximum atomic E-state index is 5.37. The topological polar surface area (TPSA) is 21.3 Å². The normalized spacial score (nSPS) is 14.1. The smallest absolute Gasteiger partial charge is 0.0518 e. The van der Waals surface area contributed by atoms with Gasteiger partial charge in [0.2, 0.25) is 0 Å². The van der Waals surface area contributed by atoms with E-state index in [1.807, 2.05) is 7.05 Å². The number of hydrogen-bond donors (Lipinski definition) is 1. The zero-order chi connectivity index (χ0) is 7.98. The predicted molar refractivity (Wildman–Crippen MR) is 44.2 cm³/mol. The van der Waals surface area contributed by atoms with Gasteiger partial charge in [-0.1, -0.05) is 0 Å². The van der Waals surface area contributed by atoms with Crippen molar-refractivity contribution < 1.29 is 4.74 Å². The van der Waals surface area contributed by atoms with Crippen LogP contribution >= 0.6 is 0 Å². The van der Waals surface area contributed by atoms with Crippen molar-refractivity contribution in [1.29, 1.82) is 0 Å². The average Bonchev–Trinajstić information content (AvgIpc) is 1.87. The van der Waals surface area contributed by atoms with Crippen molar-refractivity contribution in [3.8, 4) is 0 Å². The van der Waals surface area contributed by atoms with Crippen LogP contribution in [-0.2, 0) is 4.74 Å². The van der Waals surface area contributed by atoms with E-state index < -0.39 is 0 Å². The maximum Gasteiger partial charge on any atom is 0.0518 e. The van der Waals surface area contributed by atoms with E-state index in [2.05, 4.69) is 26.1 Å². The summed E-state index contributed by atoms with van der Waals surface area (Å²) in [6, 6.07) is 0.568. The second kappa shape index (κ2) is 5.69. The van der Waals surface area contributed by atoms with E-state index >= 15 is 0 Å². The SMILES string of the molecule is CNC(C)CCOC(C)C. The molecule has 1 atom stereocenters. The molecule has 0 aliphatic heterocycles. The third kappa shape index (κ3) is 6.05. The largest absolute Gasteiger partial charge is 0.379 e. The number of ether oxygens (including phenoxy) is 1. The van der Waals surface area contributed by atoms with Gasteiger partial charge < -0.3 is 10.1 Å². The van der Waals surface area contributed by atoms with Crippen molar-refractivity contribution in [3.05, 3.63) is 0 Å². The van der Waals surface area contributed by atoms with Gasteiger partial charge in [0, 0.05) is 12.6 Å². The molecule has 0 rings (SSSR count). The molecule has 0 bridgehead atoms. The number of hydrogen-bond acceptors (Lipinski definition) is 2. The van der Waals surface area contributed by atoms with E-state index in [1.54, 1.807) is 0 Å². The van der Waals surface area contributed by atoms with E-state index in [4.69, 9.17) is 4.74 Å². The first-order valence-corrected chi connectivity index (χ1v) is 3.95. The lowest BCUT2D eigenvalue weighted by Crippen LogP contribution is -2.23. The minimum Gasteiger partial charge on any atom is -0.379 e. The summed E-state index contributed by atoms with van der Waals surface area (Å²) in [6.45, 7) is 7.14. The van der Waals surface area contributed by atoms with Crippen LogP contribution in [0.2, 0.25) is 0 Å². The molecule has 0 aromatic carbocycles. The standard InChI is InChI=1S/C8H19NO/c1-7(2)10-6-5-8(3)9-4/h7-9H,5-6H2,1-4H3. The minimum absolute atomic E-state index is 0.365. The first-order valence-electron chi connectivity index (χ1n) is 3.95. The molecule has 1 unspecified atom stereocenters. The fourth-order valence-corrected chi connectivity index (χ4v) is 0.625. The van der Waals surface area contributed by atoms with E-state index in [-0.39, 0.29) is 0 Å². The van der Waals surface area contributed by atoms with Gasteiger partial charge in [-0.25, -0.2) is 0 Å².